The highest BCUT2D eigenvalue weighted by Crippen LogP contribution is 2.49. The number of rotatable bonds is 4. The van der Waals surface area contributed by atoms with Crippen LogP contribution < -0.4 is 10.8 Å². The molecule has 2 aliphatic carbocycles. The van der Waals surface area contributed by atoms with E-state index in [0.717, 1.165) is 39.2 Å². The molecule has 7 rings (SSSR count). The number of aromatic nitrogens is 1. The molecule has 5 aromatic rings. The molecular weight excluding hydrogens is 488 g/mol. The van der Waals surface area contributed by atoms with Gasteiger partial charge in [-0.05, 0) is 56.6 Å². The smallest absolute Gasteiger partial charge is 0.229 e. The first-order chi connectivity index (χ1) is 19.5. The number of hydrogen-bond donors (Lipinski definition) is 2. The molecule has 192 valence electrons. The van der Waals surface area contributed by atoms with Crippen molar-refractivity contribution in [1.82, 2.24) is 4.98 Å². The van der Waals surface area contributed by atoms with Crippen LogP contribution in [0.25, 0.3) is 27.8 Å². The van der Waals surface area contributed by atoms with Crippen molar-refractivity contribution < 1.29 is 10.8 Å². The van der Waals surface area contributed by atoms with Crippen LogP contribution in [0, 0.1) is 0 Å². The predicted molar refractivity (Wildman–Crippen MR) is 162 cm³/mol. The van der Waals surface area contributed by atoms with Gasteiger partial charge in [0.2, 0.25) is 5.71 Å². The molecule has 0 fully saturated rings. The van der Waals surface area contributed by atoms with Crippen molar-refractivity contribution in [3.8, 4) is 22.3 Å². The van der Waals surface area contributed by atoms with Gasteiger partial charge in [0.1, 0.15) is 0 Å². The molecule has 4 nitrogen and oxygen atoms in total. The second-order valence-electron chi connectivity index (χ2n) is 11.0. The van der Waals surface area contributed by atoms with Crippen LogP contribution in [-0.4, -0.2) is 16.4 Å². The molecule has 40 heavy (non-hydrogen) atoms. The number of hydrogen-bond acceptors (Lipinski definition) is 2. The Labute approximate surface area is 234 Å². The van der Waals surface area contributed by atoms with E-state index >= 15 is 0 Å². The molecule has 0 atom stereocenters. The van der Waals surface area contributed by atoms with Gasteiger partial charge in [0, 0.05) is 47.1 Å². The third kappa shape index (κ3) is 3.93. The van der Waals surface area contributed by atoms with E-state index in [0.29, 0.717) is 5.71 Å². The van der Waals surface area contributed by atoms with Crippen molar-refractivity contribution in [3.63, 3.8) is 0 Å². The minimum absolute atomic E-state index is 0.0577. The minimum Gasteiger partial charge on any atom is -0.264 e. The molecule has 4 N–H and O–H groups in total. The predicted octanol–water partition coefficient (Wildman–Crippen LogP) is 5.30. The van der Waals surface area contributed by atoms with E-state index in [1.165, 1.54) is 27.8 Å². The maximum atomic E-state index is 6.72. The molecule has 0 saturated heterocycles. The van der Waals surface area contributed by atoms with E-state index in [2.05, 4.69) is 116 Å². The average Bonchev–Trinajstić information content (AvgIpc) is 3.23. The quantitative estimate of drug-likeness (QED) is 0.189. The molecule has 0 bridgehead atoms. The van der Waals surface area contributed by atoms with Gasteiger partial charge in [-0.1, -0.05) is 97.8 Å². The van der Waals surface area contributed by atoms with Crippen molar-refractivity contribution >= 4 is 22.7 Å². The number of pyridine rings is 1. The van der Waals surface area contributed by atoms with Gasteiger partial charge in [-0.15, -0.1) is 0 Å². The topological polar surface area (TPSA) is 67.5 Å². The first kappa shape index (κ1) is 24.1. The Balaban J connectivity index is 1.25. The maximum absolute atomic E-state index is 6.72. The van der Waals surface area contributed by atoms with Crippen molar-refractivity contribution in [1.29, 1.82) is 0 Å². The zero-order valence-electron chi connectivity index (χ0n) is 22.6. The second-order valence-corrected chi connectivity index (χ2v) is 11.0. The standard InChI is InChI=1S/C36H28N4/c1-36(2)32-15-6-5-13-28(32)29-17-16-24(20-33(29)36)31-21-34(37)35(30-14-4-3-12-27(30)31)40-39-26-11-7-9-23(19-26)25-10-8-18-38-22-25/h3-22,37,39H,1-2H3/p+2. The van der Waals surface area contributed by atoms with E-state index in [1.54, 1.807) is 6.20 Å². The lowest BCUT2D eigenvalue weighted by molar-refractivity contribution is -0.577. The summed E-state index contributed by atoms with van der Waals surface area (Å²) in [6.45, 7) is 4.63. The molecule has 2 aliphatic rings. The Morgan fingerprint density at radius 1 is 0.675 bits per heavy atom. The minimum atomic E-state index is -0.0577. The van der Waals surface area contributed by atoms with Gasteiger partial charge in [-0.25, -0.2) is 0 Å². The number of fused-ring (bicyclic) bond motifs is 4. The Hall–Kier alpha value is -4.93. The molecule has 0 aliphatic heterocycles. The summed E-state index contributed by atoms with van der Waals surface area (Å²) in [6, 6.07) is 36.3. The number of benzene rings is 4. The van der Waals surface area contributed by atoms with Crippen molar-refractivity contribution in [2.24, 2.45) is 5.10 Å². The summed E-state index contributed by atoms with van der Waals surface area (Å²) in [7, 11) is 0. The summed E-state index contributed by atoms with van der Waals surface area (Å²) in [5, 5.41) is 11.6. The molecule has 0 amide bonds. The van der Waals surface area contributed by atoms with Gasteiger partial charge in [0.15, 0.2) is 11.4 Å². The summed E-state index contributed by atoms with van der Waals surface area (Å²) in [5.41, 5.74) is 16.3. The van der Waals surface area contributed by atoms with Gasteiger partial charge < -0.3 is 0 Å². The fraction of sp³-hybridized carbons (Fsp3) is 0.0833. The molecule has 0 spiro atoms. The van der Waals surface area contributed by atoms with Crippen LogP contribution in [-0.2, 0) is 5.41 Å². The molecule has 0 radical (unpaired) electrons. The van der Waals surface area contributed by atoms with E-state index < -0.39 is 0 Å². The first-order valence-electron chi connectivity index (χ1n) is 13.6. The molecular formula is C36H30N4+2. The van der Waals surface area contributed by atoms with Gasteiger partial charge in [-0.2, -0.15) is 5.43 Å². The summed E-state index contributed by atoms with van der Waals surface area (Å²) in [5.74, 6) is 0. The van der Waals surface area contributed by atoms with Crippen LogP contribution in [0.2, 0.25) is 0 Å². The molecule has 0 saturated carbocycles. The van der Waals surface area contributed by atoms with Crippen LogP contribution in [0.1, 0.15) is 41.7 Å². The summed E-state index contributed by atoms with van der Waals surface area (Å²) < 4.78 is 0. The summed E-state index contributed by atoms with van der Waals surface area (Å²) >= 11 is 0. The molecule has 4 aromatic carbocycles. The third-order valence-corrected chi connectivity index (χ3v) is 8.16. The van der Waals surface area contributed by atoms with E-state index in [4.69, 9.17) is 10.5 Å². The van der Waals surface area contributed by atoms with Crippen LogP contribution in [0.5, 0.6) is 0 Å². The highest BCUT2D eigenvalue weighted by atomic mass is 15.3. The Bertz CT molecular complexity index is 1860. The average molecular weight is 519 g/mol. The number of nitrogens with zero attached hydrogens (tertiary/aromatic N) is 2. The number of allylic oxidation sites excluding steroid dienone is 1. The largest absolute Gasteiger partial charge is 0.264 e. The zero-order valence-corrected chi connectivity index (χ0v) is 22.6. The van der Waals surface area contributed by atoms with Gasteiger partial charge in [-0.3, -0.25) is 10.4 Å². The van der Waals surface area contributed by atoms with E-state index in [1.807, 2.05) is 23.8 Å². The van der Waals surface area contributed by atoms with Crippen molar-refractivity contribution in [2.45, 2.75) is 19.3 Å². The maximum Gasteiger partial charge on any atom is 0.229 e. The van der Waals surface area contributed by atoms with Gasteiger partial charge in [0.25, 0.3) is 0 Å². The van der Waals surface area contributed by atoms with Crippen LogP contribution in [0.4, 0.5) is 5.69 Å². The summed E-state index contributed by atoms with van der Waals surface area (Å²) in [6.07, 6.45) is 5.74. The Morgan fingerprint density at radius 3 is 2.25 bits per heavy atom. The van der Waals surface area contributed by atoms with E-state index in [-0.39, 0.29) is 5.41 Å². The fourth-order valence-corrected chi connectivity index (χ4v) is 6.11. The van der Waals surface area contributed by atoms with E-state index in [9.17, 15) is 0 Å². The molecule has 4 heteroatoms. The number of quaternary nitrogens is 1. The molecule has 1 heterocycles. The highest BCUT2D eigenvalue weighted by molar-refractivity contribution is 6.53. The Kier molecular flexibility index (Phi) is 5.65. The van der Waals surface area contributed by atoms with Crippen LogP contribution in [0.3, 0.4) is 0 Å². The third-order valence-electron chi connectivity index (χ3n) is 8.16. The lowest BCUT2D eigenvalue weighted by atomic mass is 9.80. The van der Waals surface area contributed by atoms with Crippen LogP contribution >= 0.6 is 0 Å². The highest BCUT2D eigenvalue weighted by Gasteiger charge is 2.36. The first-order valence-corrected chi connectivity index (χ1v) is 13.6. The lowest BCUT2D eigenvalue weighted by Crippen LogP contribution is -2.72. The lowest BCUT2D eigenvalue weighted by Gasteiger charge is -2.23. The molecule has 1 aromatic heterocycles. The van der Waals surface area contributed by atoms with Gasteiger partial charge in [0.05, 0.1) is 0 Å². The monoisotopic (exact) mass is 518 g/mol. The SMILES string of the molecule is CC1(C)c2ccccc2-c2ccc(C3=CC(=[NH2+])C(=N[NH2+]c4cccc(-c5cccnc5)c4)c4ccccc43)cc21. The van der Waals surface area contributed by atoms with Crippen molar-refractivity contribution in [2.75, 3.05) is 0 Å². The zero-order chi connectivity index (χ0) is 27.3. The summed E-state index contributed by atoms with van der Waals surface area (Å²) in [4.78, 5) is 4.25. The Morgan fingerprint density at radius 2 is 1.43 bits per heavy atom. The van der Waals surface area contributed by atoms with Gasteiger partial charge >= 0.3 is 0 Å². The van der Waals surface area contributed by atoms with Crippen molar-refractivity contribution in [3.05, 3.63) is 149 Å². The van der Waals surface area contributed by atoms with Crippen LogP contribution in [0.15, 0.2) is 127 Å². The second kappa shape index (κ2) is 9.37. The fourth-order valence-electron chi connectivity index (χ4n) is 6.11. The normalized spacial score (nSPS) is 15.8. The molecule has 0 unspecified atom stereocenters. The number of nitrogens with two attached hydrogens (primary N) is 2.